The highest BCUT2D eigenvalue weighted by molar-refractivity contribution is 6.02. The second-order valence-corrected chi connectivity index (χ2v) is 7.59. The van der Waals surface area contributed by atoms with E-state index in [1.807, 2.05) is 30.3 Å². The summed E-state index contributed by atoms with van der Waals surface area (Å²) < 4.78 is 29.3. The monoisotopic (exact) mass is 409 g/mol. The lowest BCUT2D eigenvalue weighted by Gasteiger charge is -2.16. The van der Waals surface area contributed by atoms with Gasteiger partial charge in [0.2, 0.25) is 5.91 Å². The number of anilines is 1. The zero-order valence-electron chi connectivity index (χ0n) is 15.7. The molecule has 2 heterocycles. The van der Waals surface area contributed by atoms with Gasteiger partial charge in [0.25, 0.3) is 5.91 Å². The Balaban J connectivity index is 1.32. The van der Waals surface area contributed by atoms with Crippen LogP contribution in [0, 0.1) is 17.6 Å². The molecular weight excluding hydrogens is 392 g/mol. The van der Waals surface area contributed by atoms with E-state index in [9.17, 15) is 18.4 Å². The molecule has 0 radical (unpaired) electrons. The van der Waals surface area contributed by atoms with Crippen LogP contribution in [-0.4, -0.2) is 32.9 Å². The van der Waals surface area contributed by atoms with Crippen molar-refractivity contribution < 1.29 is 18.4 Å². The summed E-state index contributed by atoms with van der Waals surface area (Å²) >= 11 is 0. The maximum Gasteiger partial charge on any atom is 0.274 e. The molecule has 9 heteroatoms. The minimum atomic E-state index is -0.864. The van der Waals surface area contributed by atoms with E-state index in [0.29, 0.717) is 18.5 Å². The SMILES string of the molecule is O=C(N[C@H]1C(=O)Nc2c(F)cc(F)cc2[C@H]2C[C@H]21)c1cn(Cc2ccccc2)nn1. The summed E-state index contributed by atoms with van der Waals surface area (Å²) in [6.07, 6.45) is 2.07. The average molecular weight is 409 g/mol. The van der Waals surface area contributed by atoms with Crippen molar-refractivity contribution in [2.45, 2.75) is 24.9 Å². The molecule has 1 aliphatic carbocycles. The van der Waals surface area contributed by atoms with Gasteiger partial charge in [-0.3, -0.25) is 9.59 Å². The molecule has 2 amide bonds. The molecule has 2 N–H and O–H groups in total. The van der Waals surface area contributed by atoms with Crippen LogP contribution in [0.15, 0.2) is 48.7 Å². The van der Waals surface area contributed by atoms with Gasteiger partial charge in [0.05, 0.1) is 18.4 Å². The van der Waals surface area contributed by atoms with Crippen molar-refractivity contribution in [2.75, 3.05) is 5.32 Å². The Labute approximate surface area is 170 Å². The van der Waals surface area contributed by atoms with Crippen LogP contribution >= 0.6 is 0 Å². The van der Waals surface area contributed by atoms with Crippen molar-refractivity contribution in [3.8, 4) is 0 Å². The Bertz CT molecular complexity index is 1150. The van der Waals surface area contributed by atoms with E-state index >= 15 is 0 Å². The predicted octanol–water partition coefficient (Wildman–Crippen LogP) is 2.46. The third-order valence-corrected chi connectivity index (χ3v) is 5.53. The molecule has 7 nitrogen and oxygen atoms in total. The lowest BCUT2D eigenvalue weighted by molar-refractivity contribution is -0.118. The van der Waals surface area contributed by atoms with Gasteiger partial charge >= 0.3 is 0 Å². The molecule has 1 saturated carbocycles. The summed E-state index contributed by atoms with van der Waals surface area (Å²) in [5.41, 5.74) is 1.50. The van der Waals surface area contributed by atoms with Gasteiger partial charge in [-0.15, -0.1) is 5.10 Å². The number of hydrogen-bond acceptors (Lipinski definition) is 4. The molecular formula is C21H17F2N5O2. The van der Waals surface area contributed by atoms with Crippen LogP contribution in [0.25, 0.3) is 0 Å². The zero-order chi connectivity index (χ0) is 20.8. The second kappa shape index (κ2) is 7.01. The van der Waals surface area contributed by atoms with Crippen molar-refractivity contribution in [3.05, 3.63) is 77.1 Å². The minimum Gasteiger partial charge on any atom is -0.338 e. The summed E-state index contributed by atoms with van der Waals surface area (Å²) in [5.74, 6) is -3.00. The number of rotatable bonds is 4. The summed E-state index contributed by atoms with van der Waals surface area (Å²) in [4.78, 5) is 25.3. The molecule has 152 valence electrons. The van der Waals surface area contributed by atoms with Crippen LogP contribution in [0.3, 0.4) is 0 Å². The van der Waals surface area contributed by atoms with Crippen LogP contribution in [0.5, 0.6) is 0 Å². The lowest BCUT2D eigenvalue weighted by Crippen LogP contribution is -2.45. The fourth-order valence-electron chi connectivity index (χ4n) is 3.99. The highest BCUT2D eigenvalue weighted by atomic mass is 19.1. The van der Waals surface area contributed by atoms with Gasteiger partial charge in [-0.05, 0) is 35.4 Å². The molecule has 1 fully saturated rings. The normalized spacial score (nSPS) is 21.8. The van der Waals surface area contributed by atoms with Gasteiger partial charge < -0.3 is 10.6 Å². The fourth-order valence-corrected chi connectivity index (χ4v) is 3.99. The van der Waals surface area contributed by atoms with E-state index in [1.165, 1.54) is 16.9 Å². The number of hydrogen-bond donors (Lipinski definition) is 2. The van der Waals surface area contributed by atoms with Crippen LogP contribution in [0.2, 0.25) is 0 Å². The van der Waals surface area contributed by atoms with Gasteiger partial charge in [0.15, 0.2) is 5.69 Å². The quantitative estimate of drug-likeness (QED) is 0.693. The number of nitrogens with one attached hydrogen (secondary N) is 2. The molecule has 0 unspecified atom stereocenters. The largest absolute Gasteiger partial charge is 0.338 e. The third-order valence-electron chi connectivity index (χ3n) is 5.53. The molecule has 0 bridgehead atoms. The Hall–Kier alpha value is -3.62. The van der Waals surface area contributed by atoms with Gasteiger partial charge in [-0.25, -0.2) is 13.5 Å². The van der Waals surface area contributed by atoms with Crippen LogP contribution in [-0.2, 0) is 11.3 Å². The Kier molecular flexibility index (Phi) is 4.30. The number of fused-ring (bicyclic) bond motifs is 3. The molecule has 1 aromatic heterocycles. The van der Waals surface area contributed by atoms with Gasteiger partial charge in [-0.2, -0.15) is 0 Å². The summed E-state index contributed by atoms with van der Waals surface area (Å²) in [6, 6.07) is 10.7. The summed E-state index contributed by atoms with van der Waals surface area (Å²) in [6.45, 7) is 0.454. The Morgan fingerprint density at radius 2 is 2.03 bits per heavy atom. The number of halogens is 2. The summed E-state index contributed by atoms with van der Waals surface area (Å²) in [5, 5.41) is 13.0. The maximum atomic E-state index is 14.2. The molecule has 3 atom stereocenters. The first-order valence-electron chi connectivity index (χ1n) is 9.54. The Morgan fingerprint density at radius 1 is 1.23 bits per heavy atom. The number of nitrogens with zero attached hydrogens (tertiary/aromatic N) is 3. The first-order valence-corrected chi connectivity index (χ1v) is 9.54. The molecule has 2 aliphatic rings. The average Bonchev–Trinajstić information content (AvgIpc) is 3.39. The highest BCUT2D eigenvalue weighted by Crippen LogP contribution is 2.54. The van der Waals surface area contributed by atoms with E-state index < -0.39 is 29.5 Å². The standard InChI is InChI=1S/C21H17F2N5O2/c22-12-6-14-13-8-15(13)19(21(30)24-18(14)16(23)7-12)25-20(29)17-10-28(27-26-17)9-11-4-2-1-3-5-11/h1-7,10,13,15,19H,8-9H2,(H,24,30)(H,25,29)/t13-,15-,19-/m1/s1. The number of aromatic nitrogens is 3. The molecule has 0 spiro atoms. The topological polar surface area (TPSA) is 88.9 Å². The van der Waals surface area contributed by atoms with Crippen LogP contribution < -0.4 is 10.6 Å². The zero-order valence-corrected chi connectivity index (χ0v) is 15.7. The highest BCUT2D eigenvalue weighted by Gasteiger charge is 2.51. The number of benzene rings is 2. The van der Waals surface area contributed by atoms with E-state index in [4.69, 9.17) is 0 Å². The van der Waals surface area contributed by atoms with E-state index in [0.717, 1.165) is 11.6 Å². The molecule has 5 rings (SSSR count). The first kappa shape index (κ1) is 18.4. The van der Waals surface area contributed by atoms with Gasteiger partial charge in [0.1, 0.15) is 17.7 Å². The van der Waals surface area contributed by atoms with Crippen molar-refractivity contribution in [1.29, 1.82) is 0 Å². The molecule has 30 heavy (non-hydrogen) atoms. The van der Waals surface area contributed by atoms with E-state index in [2.05, 4.69) is 20.9 Å². The first-order chi connectivity index (χ1) is 14.5. The van der Waals surface area contributed by atoms with Crippen molar-refractivity contribution >= 4 is 17.5 Å². The van der Waals surface area contributed by atoms with Crippen molar-refractivity contribution in [1.82, 2.24) is 20.3 Å². The molecule has 0 saturated heterocycles. The van der Waals surface area contributed by atoms with Crippen molar-refractivity contribution in [3.63, 3.8) is 0 Å². The van der Waals surface area contributed by atoms with E-state index in [-0.39, 0.29) is 23.2 Å². The minimum absolute atomic E-state index is 0.0144. The van der Waals surface area contributed by atoms with Gasteiger partial charge in [0, 0.05) is 6.07 Å². The predicted molar refractivity (Wildman–Crippen MR) is 103 cm³/mol. The van der Waals surface area contributed by atoms with E-state index in [1.54, 1.807) is 0 Å². The second-order valence-electron chi connectivity index (χ2n) is 7.59. The maximum absolute atomic E-state index is 14.2. The molecule has 2 aromatic carbocycles. The lowest BCUT2D eigenvalue weighted by atomic mass is 10.1. The molecule has 1 aliphatic heterocycles. The van der Waals surface area contributed by atoms with Crippen molar-refractivity contribution in [2.24, 2.45) is 5.92 Å². The summed E-state index contributed by atoms with van der Waals surface area (Å²) in [7, 11) is 0. The Morgan fingerprint density at radius 3 is 2.83 bits per heavy atom. The number of amides is 2. The number of carbonyl (C=O) groups is 2. The fraction of sp³-hybridized carbons (Fsp3) is 0.238. The molecule has 3 aromatic rings. The number of carbonyl (C=O) groups excluding carboxylic acids is 2. The smallest absolute Gasteiger partial charge is 0.274 e. The van der Waals surface area contributed by atoms with Crippen LogP contribution in [0.1, 0.15) is 34.0 Å². The van der Waals surface area contributed by atoms with Gasteiger partial charge in [-0.1, -0.05) is 35.5 Å². The van der Waals surface area contributed by atoms with Crippen LogP contribution in [0.4, 0.5) is 14.5 Å². The third kappa shape index (κ3) is 3.32.